The minimum Gasteiger partial charge on any atom is -1.00 e. The number of hydrogen-bond acceptors (Lipinski definition) is 1. The zero-order valence-electron chi connectivity index (χ0n) is 16.3. The van der Waals surface area contributed by atoms with Crippen LogP contribution in [0.2, 0.25) is 0 Å². The fourth-order valence-electron chi connectivity index (χ4n) is 3.27. The van der Waals surface area contributed by atoms with Gasteiger partial charge in [0.25, 0.3) is 0 Å². The molecule has 0 aliphatic heterocycles. The van der Waals surface area contributed by atoms with Crippen LogP contribution >= 0.6 is 7.37 Å². The van der Waals surface area contributed by atoms with Crippen molar-refractivity contribution in [3.8, 4) is 0 Å². The Morgan fingerprint density at radius 1 is 0.900 bits per heavy atom. The SMILES string of the molecule is CC(CC(C)(C)C)CP(=O)(O)CC(C)CC(C)(C)C.[H-].[Na+]. The molecule has 2 nitrogen and oxygen atoms in total. The largest absolute Gasteiger partial charge is 1.00 e. The molecule has 2 atom stereocenters. The van der Waals surface area contributed by atoms with Gasteiger partial charge in [0.2, 0.25) is 7.37 Å². The molecule has 0 aromatic rings. The van der Waals surface area contributed by atoms with Gasteiger partial charge in [-0.3, -0.25) is 4.57 Å². The van der Waals surface area contributed by atoms with Crippen LogP contribution in [0.15, 0.2) is 0 Å². The fourth-order valence-corrected chi connectivity index (χ4v) is 5.62. The molecule has 0 radical (unpaired) electrons. The molecular weight excluding hydrogens is 278 g/mol. The second-order valence-electron chi connectivity index (χ2n) is 8.95. The van der Waals surface area contributed by atoms with Gasteiger partial charge in [0.05, 0.1) is 0 Å². The van der Waals surface area contributed by atoms with Gasteiger partial charge in [-0.15, -0.1) is 0 Å². The summed E-state index contributed by atoms with van der Waals surface area (Å²) in [5.74, 6) is 0.635. The van der Waals surface area contributed by atoms with Gasteiger partial charge in [0, 0.05) is 12.3 Å². The van der Waals surface area contributed by atoms with E-state index in [2.05, 4.69) is 55.4 Å². The van der Waals surface area contributed by atoms with Gasteiger partial charge in [-0.05, 0) is 35.5 Å². The van der Waals surface area contributed by atoms with E-state index >= 15 is 0 Å². The van der Waals surface area contributed by atoms with Gasteiger partial charge < -0.3 is 6.32 Å². The maximum absolute atomic E-state index is 12.4. The van der Waals surface area contributed by atoms with Crippen molar-refractivity contribution in [2.45, 2.75) is 68.2 Å². The molecule has 0 heterocycles. The Labute approximate surface area is 150 Å². The fraction of sp³-hybridized carbons (Fsp3) is 1.00. The zero-order chi connectivity index (χ0) is 15.5. The molecule has 0 amide bonds. The van der Waals surface area contributed by atoms with Gasteiger partial charge >= 0.3 is 29.6 Å². The zero-order valence-corrected chi connectivity index (χ0v) is 18.2. The first-order valence-corrected chi connectivity index (χ1v) is 9.54. The van der Waals surface area contributed by atoms with Crippen LogP contribution in [0.5, 0.6) is 0 Å². The molecule has 0 bridgehead atoms. The summed E-state index contributed by atoms with van der Waals surface area (Å²) < 4.78 is 12.4. The van der Waals surface area contributed by atoms with Gasteiger partial charge in [0.15, 0.2) is 0 Å². The van der Waals surface area contributed by atoms with Crippen LogP contribution in [0.25, 0.3) is 0 Å². The van der Waals surface area contributed by atoms with Crippen molar-refractivity contribution in [3.05, 3.63) is 0 Å². The smallest absolute Gasteiger partial charge is 1.00 e. The topological polar surface area (TPSA) is 37.3 Å². The molecule has 0 aliphatic carbocycles. The predicted octanol–water partition coefficient (Wildman–Crippen LogP) is 2.52. The summed E-state index contributed by atoms with van der Waals surface area (Å²) in [7, 11) is -2.98. The molecule has 0 spiro atoms. The standard InChI is InChI=1S/C16H35O2P.Na.H/c1-13(9-15(3,4)5)11-19(17,18)12-14(2)10-16(6,7)8;;/h13-14H,9-12H2,1-8H3,(H,17,18);;/q;+1;-1. The Kier molecular flexibility index (Phi) is 10.2. The number of hydrogen-bond donors (Lipinski definition) is 1. The van der Waals surface area contributed by atoms with E-state index in [0.29, 0.717) is 24.2 Å². The summed E-state index contributed by atoms with van der Waals surface area (Å²) >= 11 is 0. The van der Waals surface area contributed by atoms with Crippen LogP contribution in [-0.4, -0.2) is 17.2 Å². The minimum absolute atomic E-state index is 0. The first-order valence-electron chi connectivity index (χ1n) is 7.51. The van der Waals surface area contributed by atoms with Crippen LogP contribution in [0.4, 0.5) is 0 Å². The van der Waals surface area contributed by atoms with E-state index in [1.54, 1.807) is 0 Å². The van der Waals surface area contributed by atoms with Crippen molar-refractivity contribution in [2.75, 3.05) is 12.3 Å². The summed E-state index contributed by atoms with van der Waals surface area (Å²) in [6, 6.07) is 0. The third kappa shape index (κ3) is 14.1. The Hall–Kier alpha value is 1.19. The molecule has 20 heavy (non-hydrogen) atoms. The summed E-state index contributed by atoms with van der Waals surface area (Å²) in [6.07, 6.45) is 2.95. The average molecular weight is 314 g/mol. The van der Waals surface area contributed by atoms with Crippen molar-refractivity contribution in [3.63, 3.8) is 0 Å². The van der Waals surface area contributed by atoms with Crippen LogP contribution in [0.1, 0.15) is 69.7 Å². The van der Waals surface area contributed by atoms with E-state index in [9.17, 15) is 9.46 Å². The molecule has 0 saturated carbocycles. The van der Waals surface area contributed by atoms with Crippen LogP contribution < -0.4 is 29.6 Å². The second kappa shape index (κ2) is 8.73. The summed E-state index contributed by atoms with van der Waals surface area (Å²) in [6.45, 7) is 17.3. The Morgan fingerprint density at radius 2 is 1.15 bits per heavy atom. The normalized spacial score (nSPS) is 18.9. The van der Waals surface area contributed by atoms with E-state index in [0.717, 1.165) is 12.8 Å². The van der Waals surface area contributed by atoms with E-state index < -0.39 is 7.37 Å². The first kappa shape index (κ1) is 23.5. The Bertz CT molecular complexity index is 293. The number of rotatable bonds is 6. The molecule has 0 saturated heterocycles. The molecule has 0 aliphatic rings. The van der Waals surface area contributed by atoms with Gasteiger partial charge in [0.1, 0.15) is 0 Å². The Balaban J connectivity index is -0.00000162. The molecule has 0 rings (SSSR count). The summed E-state index contributed by atoms with van der Waals surface area (Å²) in [5, 5.41) is 0. The molecule has 0 aromatic carbocycles. The van der Waals surface area contributed by atoms with E-state index in [1.807, 2.05) is 0 Å². The van der Waals surface area contributed by atoms with Crippen molar-refractivity contribution in [2.24, 2.45) is 22.7 Å². The molecule has 0 fully saturated rings. The van der Waals surface area contributed by atoms with Crippen molar-refractivity contribution < 1.29 is 40.4 Å². The van der Waals surface area contributed by atoms with Crippen molar-refractivity contribution >= 4 is 7.37 Å². The molecule has 118 valence electrons. The first-order chi connectivity index (χ1) is 8.20. The van der Waals surface area contributed by atoms with Crippen LogP contribution in [0.3, 0.4) is 0 Å². The maximum atomic E-state index is 12.4. The molecule has 1 N–H and O–H groups in total. The van der Waals surface area contributed by atoms with Gasteiger partial charge in [-0.2, -0.15) is 0 Å². The molecule has 0 aromatic heterocycles. The monoisotopic (exact) mass is 314 g/mol. The van der Waals surface area contributed by atoms with E-state index in [-0.39, 0.29) is 41.8 Å². The average Bonchev–Trinajstić information content (AvgIpc) is 1.89. The maximum Gasteiger partial charge on any atom is 1.00 e. The second-order valence-corrected chi connectivity index (χ2v) is 11.4. The third-order valence-electron chi connectivity index (χ3n) is 3.12. The minimum atomic E-state index is -2.98. The molecule has 4 heteroatoms. The van der Waals surface area contributed by atoms with Crippen molar-refractivity contribution in [1.82, 2.24) is 0 Å². The van der Waals surface area contributed by atoms with E-state index in [1.165, 1.54) is 0 Å². The predicted molar refractivity (Wildman–Crippen MR) is 87.1 cm³/mol. The van der Waals surface area contributed by atoms with Crippen molar-refractivity contribution in [1.29, 1.82) is 0 Å². The summed E-state index contributed by atoms with van der Waals surface area (Å²) in [4.78, 5) is 10.2. The van der Waals surface area contributed by atoms with E-state index in [4.69, 9.17) is 0 Å². The quantitative estimate of drug-likeness (QED) is 0.604. The molecular formula is C16H36NaO2P. The summed E-state index contributed by atoms with van der Waals surface area (Å²) in [5.41, 5.74) is 0.465. The molecule has 2 unspecified atom stereocenters. The van der Waals surface area contributed by atoms with Crippen LogP contribution in [0, 0.1) is 22.7 Å². The van der Waals surface area contributed by atoms with Gasteiger partial charge in [-0.1, -0.05) is 55.4 Å². The van der Waals surface area contributed by atoms with Gasteiger partial charge in [-0.25, -0.2) is 0 Å². The van der Waals surface area contributed by atoms with Crippen LogP contribution in [-0.2, 0) is 4.57 Å². The Morgan fingerprint density at radius 3 is 1.35 bits per heavy atom. The third-order valence-corrected chi connectivity index (χ3v) is 5.50.